The van der Waals surface area contributed by atoms with E-state index in [-0.39, 0.29) is 5.25 Å². The SMILES string of the molecule is Nc1ccc(-c2cc(-c3nccs3)c3c(N)c([S+]([O-])C4CCC4)sc3n2)cn1. The summed E-state index contributed by atoms with van der Waals surface area (Å²) in [7, 11) is 0. The summed E-state index contributed by atoms with van der Waals surface area (Å²) < 4.78 is 13.7. The molecule has 0 aromatic carbocycles. The van der Waals surface area contributed by atoms with E-state index in [1.807, 2.05) is 17.5 Å². The minimum Gasteiger partial charge on any atom is -0.611 e. The van der Waals surface area contributed by atoms with E-state index in [9.17, 15) is 4.55 Å². The van der Waals surface area contributed by atoms with Crippen LogP contribution in [0.5, 0.6) is 0 Å². The Morgan fingerprint density at radius 2 is 2.04 bits per heavy atom. The van der Waals surface area contributed by atoms with Crippen molar-refractivity contribution in [2.45, 2.75) is 28.7 Å². The molecule has 142 valence electrons. The summed E-state index contributed by atoms with van der Waals surface area (Å²) in [5.74, 6) is 0.462. The molecule has 9 heteroatoms. The van der Waals surface area contributed by atoms with Crippen molar-refractivity contribution in [1.82, 2.24) is 15.0 Å². The Balaban J connectivity index is 1.72. The van der Waals surface area contributed by atoms with Crippen molar-refractivity contribution in [3.8, 4) is 21.8 Å². The second-order valence-corrected chi connectivity index (χ2v) is 10.5. The molecule has 4 heterocycles. The van der Waals surface area contributed by atoms with Crippen LogP contribution >= 0.6 is 22.7 Å². The maximum absolute atomic E-state index is 13.0. The Morgan fingerprint density at radius 3 is 2.68 bits per heavy atom. The normalized spacial score (nSPS) is 15.6. The highest BCUT2D eigenvalue weighted by Gasteiger charge is 2.35. The molecule has 0 spiro atoms. The van der Waals surface area contributed by atoms with Gasteiger partial charge in [0.2, 0.25) is 4.21 Å². The number of thiophene rings is 1. The maximum atomic E-state index is 13.0. The molecular formula is C19H17N5OS3. The van der Waals surface area contributed by atoms with E-state index in [4.69, 9.17) is 16.5 Å². The topological polar surface area (TPSA) is 114 Å². The van der Waals surface area contributed by atoms with Gasteiger partial charge in [0.05, 0.1) is 11.1 Å². The molecular weight excluding hydrogens is 410 g/mol. The maximum Gasteiger partial charge on any atom is 0.232 e. The van der Waals surface area contributed by atoms with Gasteiger partial charge in [-0.15, -0.1) is 11.3 Å². The average molecular weight is 428 g/mol. The fourth-order valence-corrected chi connectivity index (χ4v) is 7.09. The standard InChI is InChI=1S/C19H17N5OS3/c20-14-5-4-10(9-23-14)13-8-12(17-22-6-7-26-17)15-16(21)19(27-18(15)24-13)28(25)11-2-1-3-11/h4-9,11H,1-3,21H2,(H2,20,23). The Kier molecular flexibility index (Phi) is 4.47. The first kappa shape index (κ1) is 17.9. The number of rotatable bonds is 4. The zero-order valence-corrected chi connectivity index (χ0v) is 17.2. The van der Waals surface area contributed by atoms with E-state index < -0.39 is 11.2 Å². The van der Waals surface area contributed by atoms with Gasteiger partial charge in [-0.05, 0) is 37.5 Å². The van der Waals surface area contributed by atoms with Crippen LogP contribution in [0.15, 0.2) is 40.2 Å². The number of nitrogens with two attached hydrogens (primary N) is 2. The first-order chi connectivity index (χ1) is 13.6. The number of nitrogen functional groups attached to an aromatic ring is 2. The van der Waals surface area contributed by atoms with Crippen LogP contribution in [0.1, 0.15) is 19.3 Å². The summed E-state index contributed by atoms with van der Waals surface area (Å²) in [6.07, 6.45) is 6.61. The Hall–Kier alpha value is -2.20. The van der Waals surface area contributed by atoms with Crippen molar-refractivity contribution in [1.29, 1.82) is 0 Å². The molecule has 4 aromatic heterocycles. The van der Waals surface area contributed by atoms with Gasteiger partial charge in [0.15, 0.2) is 0 Å². The van der Waals surface area contributed by atoms with Crippen molar-refractivity contribution < 1.29 is 4.55 Å². The van der Waals surface area contributed by atoms with Crippen LogP contribution < -0.4 is 11.5 Å². The van der Waals surface area contributed by atoms with Gasteiger partial charge < -0.3 is 16.0 Å². The van der Waals surface area contributed by atoms with Crippen LogP contribution in [0.25, 0.3) is 32.0 Å². The van der Waals surface area contributed by atoms with Crippen molar-refractivity contribution >= 4 is 55.6 Å². The molecule has 1 aliphatic carbocycles. The molecule has 28 heavy (non-hydrogen) atoms. The van der Waals surface area contributed by atoms with Crippen LogP contribution in [0.4, 0.5) is 11.5 Å². The van der Waals surface area contributed by atoms with Crippen LogP contribution in [0.3, 0.4) is 0 Å². The van der Waals surface area contributed by atoms with Crippen LogP contribution in [0.2, 0.25) is 0 Å². The van der Waals surface area contributed by atoms with Gasteiger partial charge in [-0.1, -0.05) is 11.3 Å². The quantitative estimate of drug-likeness (QED) is 0.469. The van der Waals surface area contributed by atoms with Gasteiger partial charge >= 0.3 is 0 Å². The minimum absolute atomic E-state index is 0.208. The molecule has 4 aromatic rings. The summed E-state index contributed by atoms with van der Waals surface area (Å²) in [5, 5.41) is 3.85. The number of fused-ring (bicyclic) bond motifs is 1. The highest BCUT2D eigenvalue weighted by atomic mass is 32.2. The van der Waals surface area contributed by atoms with Gasteiger partial charge in [0.1, 0.15) is 26.6 Å². The molecule has 0 bridgehead atoms. The summed E-state index contributed by atoms with van der Waals surface area (Å²) in [5.41, 5.74) is 15.3. The Bertz CT molecular complexity index is 1140. The largest absolute Gasteiger partial charge is 0.611 e. The second kappa shape index (κ2) is 7.00. The Labute approximate surface area is 172 Å². The molecule has 0 radical (unpaired) electrons. The Morgan fingerprint density at radius 1 is 1.18 bits per heavy atom. The van der Waals surface area contributed by atoms with Crippen molar-refractivity contribution in [2.24, 2.45) is 0 Å². The third kappa shape index (κ3) is 2.95. The predicted molar refractivity (Wildman–Crippen MR) is 117 cm³/mol. The van der Waals surface area contributed by atoms with Gasteiger partial charge in [-0.3, -0.25) is 0 Å². The number of nitrogens with zero attached hydrogens (tertiary/aromatic N) is 3. The highest BCUT2D eigenvalue weighted by molar-refractivity contribution is 7.94. The lowest BCUT2D eigenvalue weighted by molar-refractivity contribution is 0.478. The van der Waals surface area contributed by atoms with E-state index >= 15 is 0 Å². The number of pyridine rings is 2. The lowest BCUT2D eigenvalue weighted by Crippen LogP contribution is -2.28. The molecule has 1 aliphatic rings. The number of thiazole rings is 1. The molecule has 1 unspecified atom stereocenters. The molecule has 0 aliphatic heterocycles. The van der Waals surface area contributed by atoms with E-state index in [1.54, 1.807) is 29.8 Å². The number of hydrogen-bond donors (Lipinski definition) is 2. The number of anilines is 2. The second-order valence-electron chi connectivity index (χ2n) is 6.70. The minimum atomic E-state index is -1.09. The van der Waals surface area contributed by atoms with Crippen LogP contribution in [-0.2, 0) is 11.2 Å². The summed E-state index contributed by atoms with van der Waals surface area (Å²) in [6.45, 7) is 0. The van der Waals surface area contributed by atoms with E-state index in [0.29, 0.717) is 11.5 Å². The molecule has 6 nitrogen and oxygen atoms in total. The van der Waals surface area contributed by atoms with E-state index in [2.05, 4.69) is 9.97 Å². The number of hydrogen-bond acceptors (Lipinski definition) is 8. The molecule has 0 saturated heterocycles. The fraction of sp³-hybridized carbons (Fsp3) is 0.211. The molecule has 1 atom stereocenters. The monoisotopic (exact) mass is 427 g/mol. The molecule has 4 N–H and O–H groups in total. The van der Waals surface area contributed by atoms with Gasteiger partial charge in [-0.25, -0.2) is 15.0 Å². The van der Waals surface area contributed by atoms with Crippen LogP contribution in [0, 0.1) is 0 Å². The smallest absolute Gasteiger partial charge is 0.232 e. The summed E-state index contributed by atoms with van der Waals surface area (Å²) >= 11 is 1.89. The fourth-order valence-electron chi connectivity index (χ4n) is 3.22. The van der Waals surface area contributed by atoms with Gasteiger partial charge in [0.25, 0.3) is 0 Å². The van der Waals surface area contributed by atoms with E-state index in [1.165, 1.54) is 11.3 Å². The van der Waals surface area contributed by atoms with Gasteiger partial charge in [0, 0.05) is 40.1 Å². The lowest BCUT2D eigenvalue weighted by atomic mass is 10.0. The molecule has 5 rings (SSSR count). The van der Waals surface area contributed by atoms with E-state index in [0.717, 1.165) is 55.5 Å². The highest BCUT2D eigenvalue weighted by Crippen LogP contribution is 2.46. The lowest BCUT2D eigenvalue weighted by Gasteiger charge is -2.26. The van der Waals surface area contributed by atoms with Crippen molar-refractivity contribution in [2.75, 3.05) is 11.5 Å². The van der Waals surface area contributed by atoms with Gasteiger partial charge in [-0.2, -0.15) is 0 Å². The van der Waals surface area contributed by atoms with Crippen LogP contribution in [-0.4, -0.2) is 24.8 Å². The summed E-state index contributed by atoms with van der Waals surface area (Å²) in [6, 6.07) is 5.63. The molecule has 1 fully saturated rings. The molecule has 1 saturated carbocycles. The average Bonchev–Trinajstić information content (AvgIpc) is 3.29. The zero-order valence-electron chi connectivity index (χ0n) is 14.8. The third-order valence-corrected chi connectivity index (χ3v) is 9.05. The molecule has 0 amide bonds. The number of aromatic nitrogens is 3. The van der Waals surface area contributed by atoms with Crippen molar-refractivity contribution in [3.05, 3.63) is 36.0 Å². The summed E-state index contributed by atoms with van der Waals surface area (Å²) in [4.78, 5) is 14.2. The first-order valence-electron chi connectivity index (χ1n) is 8.87. The first-order valence-corrected chi connectivity index (χ1v) is 11.8. The zero-order chi connectivity index (χ0) is 19.3. The third-order valence-electron chi connectivity index (χ3n) is 4.95. The van der Waals surface area contributed by atoms with Crippen molar-refractivity contribution in [3.63, 3.8) is 0 Å². The predicted octanol–water partition coefficient (Wildman–Crippen LogP) is 4.31.